The number of amides is 2. The molecule has 6 nitrogen and oxygen atoms in total. The molecule has 0 fully saturated rings. The Bertz CT molecular complexity index is 1600. The summed E-state index contributed by atoms with van der Waals surface area (Å²) in [6.45, 7) is 4.53. The van der Waals surface area contributed by atoms with Crippen LogP contribution in [0, 0.1) is 13.8 Å². The number of pyridine rings is 1. The van der Waals surface area contributed by atoms with Crippen molar-refractivity contribution in [1.82, 2.24) is 10.3 Å². The zero-order valence-electron chi connectivity index (χ0n) is 19.9. The van der Waals surface area contributed by atoms with Crippen LogP contribution in [0.15, 0.2) is 71.9 Å². The highest BCUT2D eigenvalue weighted by Crippen LogP contribution is 2.36. The van der Waals surface area contributed by atoms with E-state index < -0.39 is 12.1 Å². The highest BCUT2D eigenvalue weighted by atomic mass is 35.5. The van der Waals surface area contributed by atoms with Gasteiger partial charge in [0.2, 0.25) is 6.17 Å². The van der Waals surface area contributed by atoms with Gasteiger partial charge in [0.1, 0.15) is 0 Å². The van der Waals surface area contributed by atoms with Gasteiger partial charge in [-0.25, -0.2) is 4.99 Å². The van der Waals surface area contributed by atoms with Gasteiger partial charge >= 0.3 is 0 Å². The van der Waals surface area contributed by atoms with E-state index in [2.05, 4.69) is 10.3 Å². The lowest BCUT2D eigenvalue weighted by Crippen LogP contribution is -2.47. The van der Waals surface area contributed by atoms with Crippen molar-refractivity contribution in [3.05, 3.63) is 105 Å². The summed E-state index contributed by atoms with van der Waals surface area (Å²) in [5.41, 5.74) is 7.48. The molecular formula is C29H23ClN4O2. The number of carbonyl (C=O) groups is 2. The van der Waals surface area contributed by atoms with Gasteiger partial charge in [-0.1, -0.05) is 72.3 Å². The minimum absolute atomic E-state index is 0.209. The highest BCUT2D eigenvalue weighted by Gasteiger charge is 2.37. The van der Waals surface area contributed by atoms with E-state index in [9.17, 15) is 9.59 Å². The van der Waals surface area contributed by atoms with Crippen LogP contribution in [-0.2, 0) is 11.2 Å². The van der Waals surface area contributed by atoms with Crippen molar-refractivity contribution in [1.29, 1.82) is 0 Å². The smallest absolute Gasteiger partial charge is 0.272 e. The Kier molecular flexibility index (Phi) is 5.34. The molecule has 0 radical (unpaired) electrons. The lowest BCUT2D eigenvalue weighted by Gasteiger charge is -2.21. The number of hydrogen-bond donors (Lipinski definition) is 1. The monoisotopic (exact) mass is 494 g/mol. The molecule has 0 aliphatic carbocycles. The van der Waals surface area contributed by atoms with Gasteiger partial charge in [-0.3, -0.25) is 14.6 Å². The molecule has 0 unspecified atom stereocenters. The minimum atomic E-state index is -1.10. The van der Waals surface area contributed by atoms with E-state index in [0.29, 0.717) is 22.7 Å². The molecule has 178 valence electrons. The third-order valence-corrected chi connectivity index (χ3v) is 7.47. The van der Waals surface area contributed by atoms with Crippen LogP contribution < -0.4 is 10.2 Å². The summed E-state index contributed by atoms with van der Waals surface area (Å²) in [4.78, 5) is 38.1. The summed E-state index contributed by atoms with van der Waals surface area (Å²) in [5.74, 6) is -0.760. The molecule has 2 aliphatic heterocycles. The van der Waals surface area contributed by atoms with Crippen molar-refractivity contribution in [2.24, 2.45) is 4.99 Å². The minimum Gasteiger partial charge on any atom is -0.322 e. The normalized spacial score (nSPS) is 16.5. The summed E-state index contributed by atoms with van der Waals surface area (Å²) >= 11 is 6.68. The SMILES string of the molecule is Cc1ccc2c(Cl)c(C(=O)N[C@@H]3N=C(c4ccccc4)c4cccc5c4N(CC5)C3=O)cnc2c1C. The molecule has 0 saturated carbocycles. The van der Waals surface area contributed by atoms with Crippen LogP contribution in [0.25, 0.3) is 10.9 Å². The second-order valence-electron chi connectivity index (χ2n) is 9.16. The lowest BCUT2D eigenvalue weighted by molar-refractivity contribution is -0.120. The third-order valence-electron chi connectivity index (χ3n) is 7.06. The molecule has 7 heteroatoms. The fourth-order valence-electron chi connectivity index (χ4n) is 5.02. The molecule has 3 heterocycles. The van der Waals surface area contributed by atoms with Gasteiger partial charge in [0.15, 0.2) is 0 Å². The fraction of sp³-hybridized carbons (Fsp3) is 0.172. The number of aromatic nitrogens is 1. The number of nitrogens with zero attached hydrogens (tertiary/aromatic N) is 3. The van der Waals surface area contributed by atoms with Gasteiger partial charge in [0.05, 0.1) is 27.5 Å². The van der Waals surface area contributed by atoms with Crippen LogP contribution in [-0.4, -0.2) is 35.2 Å². The zero-order valence-corrected chi connectivity index (χ0v) is 20.6. The average molecular weight is 495 g/mol. The largest absolute Gasteiger partial charge is 0.322 e. The van der Waals surface area contributed by atoms with Crippen molar-refractivity contribution in [3.63, 3.8) is 0 Å². The highest BCUT2D eigenvalue weighted by molar-refractivity contribution is 6.38. The number of hydrogen-bond acceptors (Lipinski definition) is 4. The molecule has 1 aromatic heterocycles. The van der Waals surface area contributed by atoms with Gasteiger partial charge in [0, 0.05) is 29.3 Å². The van der Waals surface area contributed by atoms with Gasteiger partial charge in [-0.05, 0) is 37.0 Å². The van der Waals surface area contributed by atoms with Crippen molar-refractivity contribution in [2.45, 2.75) is 26.4 Å². The molecule has 36 heavy (non-hydrogen) atoms. The van der Waals surface area contributed by atoms with Crippen molar-refractivity contribution >= 4 is 45.7 Å². The molecule has 4 aromatic rings. The number of rotatable bonds is 3. The second-order valence-corrected chi connectivity index (χ2v) is 9.54. The van der Waals surface area contributed by atoms with E-state index in [-0.39, 0.29) is 11.5 Å². The number of aliphatic imine (C=N–C) groups is 1. The van der Waals surface area contributed by atoms with E-state index in [4.69, 9.17) is 16.6 Å². The number of fused-ring (bicyclic) bond motifs is 1. The first-order valence-electron chi connectivity index (χ1n) is 11.9. The predicted octanol–water partition coefficient (Wildman–Crippen LogP) is 5.00. The van der Waals surface area contributed by atoms with E-state index in [1.165, 1.54) is 6.20 Å². The average Bonchev–Trinajstić information content (AvgIpc) is 3.29. The number of anilines is 1. The summed E-state index contributed by atoms with van der Waals surface area (Å²) < 4.78 is 0. The maximum atomic E-state index is 13.7. The zero-order chi connectivity index (χ0) is 25.0. The number of para-hydroxylation sites is 1. The first kappa shape index (κ1) is 22.4. The molecule has 3 aromatic carbocycles. The summed E-state index contributed by atoms with van der Waals surface area (Å²) in [6.07, 6.45) is 1.13. The Labute approximate surface area is 213 Å². The molecule has 2 aliphatic rings. The second kappa shape index (κ2) is 8.57. The van der Waals surface area contributed by atoms with E-state index >= 15 is 0 Å². The Balaban J connectivity index is 1.43. The topological polar surface area (TPSA) is 74.7 Å². The number of benzene rings is 3. The summed E-state index contributed by atoms with van der Waals surface area (Å²) in [7, 11) is 0. The quantitative estimate of drug-likeness (QED) is 0.435. The Morgan fingerprint density at radius 1 is 1.06 bits per heavy atom. The van der Waals surface area contributed by atoms with Crippen molar-refractivity contribution < 1.29 is 9.59 Å². The molecule has 0 spiro atoms. The van der Waals surface area contributed by atoms with Crippen LogP contribution in [0.5, 0.6) is 0 Å². The lowest BCUT2D eigenvalue weighted by atomic mass is 9.98. The Morgan fingerprint density at radius 3 is 2.67 bits per heavy atom. The Morgan fingerprint density at radius 2 is 1.86 bits per heavy atom. The predicted molar refractivity (Wildman–Crippen MR) is 142 cm³/mol. The fourth-order valence-corrected chi connectivity index (χ4v) is 5.31. The number of aryl methyl sites for hydroxylation is 2. The number of halogens is 1. The van der Waals surface area contributed by atoms with Crippen LogP contribution in [0.4, 0.5) is 5.69 Å². The summed E-state index contributed by atoms with van der Waals surface area (Å²) in [6, 6.07) is 19.6. The first-order chi connectivity index (χ1) is 17.4. The Hall–Kier alpha value is -4.03. The van der Waals surface area contributed by atoms with Crippen LogP contribution in [0.2, 0.25) is 5.02 Å². The molecule has 0 bridgehead atoms. The van der Waals surface area contributed by atoms with Crippen molar-refractivity contribution in [2.75, 3.05) is 11.4 Å². The molecule has 6 rings (SSSR count). The molecule has 1 atom stereocenters. The first-order valence-corrected chi connectivity index (χ1v) is 12.2. The van der Waals surface area contributed by atoms with Crippen LogP contribution >= 0.6 is 11.6 Å². The molecule has 1 N–H and O–H groups in total. The standard InChI is InChI=1S/C29H23ClN4O2/c1-16-11-12-20-23(30)22(15-31-24(20)17(16)2)28(35)33-27-29(36)34-14-13-19-9-6-10-21(26(19)34)25(32-27)18-7-4-3-5-8-18/h3-12,15,27H,13-14H2,1-2H3,(H,33,35)/t27-/m0/s1. The molecule has 0 saturated heterocycles. The van der Waals surface area contributed by atoms with Crippen LogP contribution in [0.1, 0.15) is 38.2 Å². The maximum Gasteiger partial charge on any atom is 0.272 e. The van der Waals surface area contributed by atoms with Gasteiger partial charge in [0.25, 0.3) is 11.8 Å². The van der Waals surface area contributed by atoms with E-state index in [1.54, 1.807) is 4.90 Å². The van der Waals surface area contributed by atoms with Crippen molar-refractivity contribution in [3.8, 4) is 0 Å². The molecular weight excluding hydrogens is 472 g/mol. The molecule has 2 amide bonds. The van der Waals surface area contributed by atoms with E-state index in [1.807, 2.05) is 74.5 Å². The van der Waals surface area contributed by atoms with E-state index in [0.717, 1.165) is 45.4 Å². The van der Waals surface area contributed by atoms with Gasteiger partial charge in [-0.2, -0.15) is 0 Å². The maximum absolute atomic E-state index is 13.7. The van der Waals surface area contributed by atoms with Crippen LogP contribution in [0.3, 0.4) is 0 Å². The number of carbonyl (C=O) groups excluding carboxylic acids is 2. The summed E-state index contributed by atoms with van der Waals surface area (Å²) in [5, 5.41) is 3.84. The third kappa shape index (κ3) is 3.48. The van der Waals surface area contributed by atoms with Gasteiger partial charge in [-0.15, -0.1) is 0 Å². The number of nitrogens with one attached hydrogen (secondary N) is 1. The van der Waals surface area contributed by atoms with Gasteiger partial charge < -0.3 is 10.2 Å².